The molecule has 1 aliphatic carbocycles. The third-order valence-electron chi connectivity index (χ3n) is 4.91. The van der Waals surface area contributed by atoms with Crippen LogP contribution in [0.1, 0.15) is 36.5 Å². The SMILES string of the molecule is C[C@H]1C[C@@H]1C(=O)Nc1ccc(C(=O)NC2CCN(C)CC2)cc1. The van der Waals surface area contributed by atoms with Gasteiger partial charge in [-0.2, -0.15) is 0 Å². The molecule has 1 heterocycles. The van der Waals surface area contributed by atoms with Gasteiger partial charge in [0.25, 0.3) is 5.91 Å². The van der Waals surface area contributed by atoms with Crippen LogP contribution in [0.4, 0.5) is 5.69 Å². The number of carbonyl (C=O) groups excluding carboxylic acids is 2. The van der Waals surface area contributed by atoms with Crippen LogP contribution in [0.25, 0.3) is 0 Å². The second-order valence-electron chi connectivity index (χ2n) is 6.94. The lowest BCUT2D eigenvalue weighted by Crippen LogP contribution is -2.43. The van der Waals surface area contributed by atoms with E-state index in [1.165, 1.54) is 0 Å². The fraction of sp³-hybridized carbons (Fsp3) is 0.556. The van der Waals surface area contributed by atoms with E-state index in [4.69, 9.17) is 0 Å². The number of amides is 2. The van der Waals surface area contributed by atoms with E-state index < -0.39 is 0 Å². The lowest BCUT2D eigenvalue weighted by Gasteiger charge is -2.29. The number of rotatable bonds is 4. The summed E-state index contributed by atoms with van der Waals surface area (Å²) >= 11 is 0. The second-order valence-corrected chi connectivity index (χ2v) is 6.94. The van der Waals surface area contributed by atoms with Gasteiger partial charge in [-0.15, -0.1) is 0 Å². The minimum Gasteiger partial charge on any atom is -0.349 e. The topological polar surface area (TPSA) is 61.4 Å². The third-order valence-corrected chi connectivity index (χ3v) is 4.91. The number of piperidine rings is 1. The summed E-state index contributed by atoms with van der Waals surface area (Å²) in [5, 5.41) is 6.01. The number of hydrogen-bond donors (Lipinski definition) is 2. The third kappa shape index (κ3) is 4.10. The number of benzene rings is 1. The number of hydrogen-bond acceptors (Lipinski definition) is 3. The minimum atomic E-state index is -0.0340. The van der Waals surface area contributed by atoms with Crippen LogP contribution >= 0.6 is 0 Å². The molecule has 1 saturated carbocycles. The molecule has 2 amide bonds. The Morgan fingerprint density at radius 2 is 1.74 bits per heavy atom. The Balaban J connectivity index is 1.52. The van der Waals surface area contributed by atoms with Gasteiger partial charge in [0.2, 0.25) is 5.91 Å². The van der Waals surface area contributed by atoms with Gasteiger partial charge in [0.1, 0.15) is 0 Å². The van der Waals surface area contributed by atoms with Gasteiger partial charge < -0.3 is 15.5 Å². The molecule has 1 aliphatic heterocycles. The van der Waals surface area contributed by atoms with Gasteiger partial charge in [-0.25, -0.2) is 0 Å². The molecule has 5 nitrogen and oxygen atoms in total. The summed E-state index contributed by atoms with van der Waals surface area (Å²) in [5.74, 6) is 0.700. The molecule has 5 heteroatoms. The van der Waals surface area contributed by atoms with Crippen LogP contribution in [0.2, 0.25) is 0 Å². The van der Waals surface area contributed by atoms with E-state index in [2.05, 4.69) is 29.5 Å². The Morgan fingerprint density at radius 3 is 2.30 bits per heavy atom. The van der Waals surface area contributed by atoms with Gasteiger partial charge in [0, 0.05) is 23.2 Å². The summed E-state index contributed by atoms with van der Waals surface area (Å²) in [5.41, 5.74) is 1.40. The lowest BCUT2D eigenvalue weighted by molar-refractivity contribution is -0.117. The van der Waals surface area contributed by atoms with E-state index >= 15 is 0 Å². The lowest BCUT2D eigenvalue weighted by atomic mass is 10.0. The molecule has 2 N–H and O–H groups in total. The van der Waals surface area contributed by atoms with Crippen LogP contribution in [0, 0.1) is 11.8 Å². The predicted molar refractivity (Wildman–Crippen MR) is 90.3 cm³/mol. The molecule has 0 spiro atoms. The van der Waals surface area contributed by atoms with Crippen molar-refractivity contribution in [2.75, 3.05) is 25.5 Å². The highest BCUT2D eigenvalue weighted by Crippen LogP contribution is 2.38. The Kier molecular flexibility index (Phi) is 4.66. The average Bonchev–Trinajstić information content (AvgIpc) is 3.27. The van der Waals surface area contributed by atoms with Crippen molar-refractivity contribution in [3.63, 3.8) is 0 Å². The van der Waals surface area contributed by atoms with E-state index in [9.17, 15) is 9.59 Å². The first kappa shape index (κ1) is 16.0. The summed E-state index contributed by atoms with van der Waals surface area (Å²) in [7, 11) is 2.10. The van der Waals surface area contributed by atoms with Crippen molar-refractivity contribution in [3.05, 3.63) is 29.8 Å². The molecule has 0 aromatic heterocycles. The van der Waals surface area contributed by atoms with E-state index in [1.54, 1.807) is 24.3 Å². The number of nitrogens with one attached hydrogen (secondary N) is 2. The number of anilines is 1. The Bertz CT molecular complexity index is 576. The molecular formula is C18H25N3O2. The van der Waals surface area contributed by atoms with Gasteiger partial charge in [-0.3, -0.25) is 9.59 Å². The molecule has 0 unspecified atom stereocenters. The molecule has 0 radical (unpaired) electrons. The highest BCUT2D eigenvalue weighted by Gasteiger charge is 2.39. The van der Waals surface area contributed by atoms with Crippen molar-refractivity contribution in [2.24, 2.45) is 11.8 Å². The first-order chi connectivity index (χ1) is 11.0. The molecule has 124 valence electrons. The van der Waals surface area contributed by atoms with Crippen molar-refractivity contribution in [1.82, 2.24) is 10.2 Å². The van der Waals surface area contributed by atoms with Gasteiger partial charge in [-0.05, 0) is 69.6 Å². The smallest absolute Gasteiger partial charge is 0.251 e. The Labute approximate surface area is 137 Å². The quantitative estimate of drug-likeness (QED) is 0.894. The largest absolute Gasteiger partial charge is 0.349 e. The molecule has 23 heavy (non-hydrogen) atoms. The Hall–Kier alpha value is -1.88. The van der Waals surface area contributed by atoms with Gasteiger partial charge in [0.05, 0.1) is 0 Å². The van der Waals surface area contributed by atoms with E-state index in [0.29, 0.717) is 11.5 Å². The zero-order valence-corrected chi connectivity index (χ0v) is 13.8. The fourth-order valence-electron chi connectivity index (χ4n) is 3.05. The highest BCUT2D eigenvalue weighted by molar-refractivity contribution is 5.97. The average molecular weight is 315 g/mol. The highest BCUT2D eigenvalue weighted by atomic mass is 16.2. The van der Waals surface area contributed by atoms with Gasteiger partial charge in [-0.1, -0.05) is 6.92 Å². The molecule has 0 bridgehead atoms. The number of carbonyl (C=O) groups is 2. The zero-order valence-electron chi connectivity index (χ0n) is 13.8. The van der Waals surface area contributed by atoms with Crippen molar-refractivity contribution in [3.8, 4) is 0 Å². The molecular weight excluding hydrogens is 290 g/mol. The normalized spacial score (nSPS) is 25.0. The maximum absolute atomic E-state index is 12.3. The van der Waals surface area contributed by atoms with Crippen LogP contribution in [0.3, 0.4) is 0 Å². The van der Waals surface area contributed by atoms with Crippen molar-refractivity contribution in [1.29, 1.82) is 0 Å². The first-order valence-electron chi connectivity index (χ1n) is 8.43. The first-order valence-corrected chi connectivity index (χ1v) is 8.43. The summed E-state index contributed by atoms with van der Waals surface area (Å²) in [4.78, 5) is 26.5. The zero-order chi connectivity index (χ0) is 16.4. The van der Waals surface area contributed by atoms with Crippen LogP contribution in [-0.2, 0) is 4.79 Å². The standard InChI is InChI=1S/C18H25N3O2/c1-12-11-16(12)18(23)20-14-5-3-13(4-6-14)17(22)19-15-7-9-21(2)10-8-15/h3-6,12,15-16H,7-11H2,1-2H3,(H,19,22)(H,20,23)/t12-,16-/m0/s1. The molecule has 2 aliphatic rings. The van der Waals surface area contributed by atoms with Crippen molar-refractivity contribution in [2.45, 2.75) is 32.2 Å². The summed E-state index contributed by atoms with van der Waals surface area (Å²) in [6.45, 7) is 4.13. The van der Waals surface area contributed by atoms with E-state index in [1.807, 2.05) is 0 Å². The van der Waals surface area contributed by atoms with E-state index in [0.717, 1.165) is 38.0 Å². The fourth-order valence-corrected chi connectivity index (χ4v) is 3.05. The maximum Gasteiger partial charge on any atom is 0.251 e. The van der Waals surface area contributed by atoms with E-state index in [-0.39, 0.29) is 23.8 Å². The van der Waals surface area contributed by atoms with Crippen LogP contribution in [-0.4, -0.2) is 42.9 Å². The molecule has 3 rings (SSSR count). The molecule has 1 saturated heterocycles. The van der Waals surface area contributed by atoms with Crippen molar-refractivity contribution >= 4 is 17.5 Å². The number of nitrogens with zero attached hydrogens (tertiary/aromatic N) is 1. The predicted octanol–water partition coefficient (Wildman–Crippen LogP) is 2.11. The van der Waals surface area contributed by atoms with Crippen LogP contribution in [0.15, 0.2) is 24.3 Å². The van der Waals surface area contributed by atoms with Crippen molar-refractivity contribution < 1.29 is 9.59 Å². The monoisotopic (exact) mass is 315 g/mol. The van der Waals surface area contributed by atoms with Gasteiger partial charge in [0.15, 0.2) is 0 Å². The minimum absolute atomic E-state index is 0.0340. The maximum atomic E-state index is 12.3. The van der Waals surface area contributed by atoms with Gasteiger partial charge >= 0.3 is 0 Å². The molecule has 2 fully saturated rings. The summed E-state index contributed by atoms with van der Waals surface area (Å²) in [6, 6.07) is 7.41. The molecule has 1 aromatic carbocycles. The molecule has 2 atom stereocenters. The van der Waals surface area contributed by atoms with Crippen LogP contribution in [0.5, 0.6) is 0 Å². The molecule has 1 aromatic rings. The van der Waals surface area contributed by atoms with Crippen LogP contribution < -0.4 is 10.6 Å². The second kappa shape index (κ2) is 6.71. The Morgan fingerprint density at radius 1 is 1.13 bits per heavy atom. The number of likely N-dealkylation sites (tertiary alicyclic amines) is 1. The summed E-state index contributed by atoms with van der Waals surface area (Å²) in [6.07, 6.45) is 2.97. The summed E-state index contributed by atoms with van der Waals surface area (Å²) < 4.78 is 0.